The Hall–Kier alpha value is -3.26. The van der Waals surface area contributed by atoms with E-state index in [4.69, 9.17) is 4.74 Å². The standard InChI is InChI=1S/C25H28N4O6S3/c1-17-16-20-19(12-13-26-23(20)29(17)38(33,34)18-8-6-5-7-9-18)21-10-11-22(36-21)37(31,32)28-15-14-27-24(30)35-25(2,3)4/h5-13,16,28H,14-15H2,1-4H3,(H,27,30). The van der Waals surface area contributed by atoms with Crippen LogP contribution in [0.3, 0.4) is 0 Å². The molecular weight excluding hydrogens is 548 g/mol. The lowest BCUT2D eigenvalue weighted by Gasteiger charge is -2.19. The van der Waals surface area contributed by atoms with Crippen LogP contribution in [0.4, 0.5) is 4.79 Å². The van der Waals surface area contributed by atoms with Gasteiger partial charge in [0, 0.05) is 40.8 Å². The molecule has 2 N–H and O–H groups in total. The summed E-state index contributed by atoms with van der Waals surface area (Å²) in [5, 5.41) is 3.09. The number of aromatic nitrogens is 2. The Morgan fingerprint density at radius 2 is 1.74 bits per heavy atom. The van der Waals surface area contributed by atoms with E-state index in [-0.39, 0.29) is 27.8 Å². The maximum absolute atomic E-state index is 13.4. The van der Waals surface area contributed by atoms with Crippen molar-refractivity contribution in [3.63, 3.8) is 0 Å². The fourth-order valence-corrected chi connectivity index (χ4v) is 7.70. The Morgan fingerprint density at radius 3 is 2.42 bits per heavy atom. The van der Waals surface area contributed by atoms with E-state index >= 15 is 0 Å². The van der Waals surface area contributed by atoms with E-state index in [0.717, 1.165) is 11.3 Å². The number of hydrogen-bond donors (Lipinski definition) is 2. The molecule has 0 atom stereocenters. The van der Waals surface area contributed by atoms with Crippen molar-refractivity contribution in [3.05, 3.63) is 66.5 Å². The van der Waals surface area contributed by atoms with Gasteiger partial charge in [0.2, 0.25) is 10.0 Å². The molecule has 0 radical (unpaired) electrons. The number of sulfonamides is 1. The van der Waals surface area contributed by atoms with E-state index in [1.807, 2.05) is 0 Å². The summed E-state index contributed by atoms with van der Waals surface area (Å²) in [5.74, 6) is 0. The first kappa shape index (κ1) is 27.8. The lowest BCUT2D eigenvalue weighted by molar-refractivity contribution is 0.0529. The summed E-state index contributed by atoms with van der Waals surface area (Å²) in [6.45, 7) is 6.93. The Morgan fingerprint density at radius 1 is 1.03 bits per heavy atom. The number of rotatable bonds is 8. The fourth-order valence-electron chi connectivity index (χ4n) is 3.76. The van der Waals surface area contributed by atoms with E-state index in [1.165, 1.54) is 28.4 Å². The summed E-state index contributed by atoms with van der Waals surface area (Å²) in [6, 6.07) is 14.7. The third kappa shape index (κ3) is 5.90. The van der Waals surface area contributed by atoms with Crippen LogP contribution in [-0.2, 0) is 24.8 Å². The summed E-state index contributed by atoms with van der Waals surface area (Å²) < 4.78 is 61.2. The number of hydrogen-bond acceptors (Lipinski definition) is 8. The Labute approximate surface area is 225 Å². The van der Waals surface area contributed by atoms with Crippen LogP contribution >= 0.6 is 11.3 Å². The molecule has 38 heavy (non-hydrogen) atoms. The van der Waals surface area contributed by atoms with Gasteiger partial charge in [-0.1, -0.05) is 18.2 Å². The van der Waals surface area contributed by atoms with Gasteiger partial charge in [0.15, 0.2) is 5.65 Å². The maximum atomic E-state index is 13.4. The van der Waals surface area contributed by atoms with Crippen molar-refractivity contribution in [3.8, 4) is 10.4 Å². The van der Waals surface area contributed by atoms with Gasteiger partial charge in [-0.15, -0.1) is 11.3 Å². The van der Waals surface area contributed by atoms with Crippen LogP contribution < -0.4 is 10.0 Å². The Balaban J connectivity index is 1.56. The molecule has 10 nitrogen and oxygen atoms in total. The van der Waals surface area contributed by atoms with Crippen LogP contribution in [0.2, 0.25) is 0 Å². The van der Waals surface area contributed by atoms with Crippen LogP contribution in [0.15, 0.2) is 69.9 Å². The van der Waals surface area contributed by atoms with Gasteiger partial charge in [-0.05, 0) is 64.1 Å². The van der Waals surface area contributed by atoms with Crippen molar-refractivity contribution in [1.82, 2.24) is 19.0 Å². The minimum Gasteiger partial charge on any atom is -0.444 e. The first-order valence-corrected chi connectivity index (χ1v) is 15.4. The van der Waals surface area contributed by atoms with Crippen LogP contribution in [0.25, 0.3) is 21.5 Å². The fraction of sp³-hybridized carbons (Fsp3) is 0.280. The maximum Gasteiger partial charge on any atom is 0.407 e. The highest BCUT2D eigenvalue weighted by Gasteiger charge is 2.24. The molecule has 13 heteroatoms. The number of fused-ring (bicyclic) bond motifs is 1. The van der Waals surface area contributed by atoms with Crippen LogP contribution in [0.1, 0.15) is 26.5 Å². The highest BCUT2D eigenvalue weighted by Crippen LogP contribution is 2.36. The number of thiophene rings is 1. The van der Waals surface area contributed by atoms with E-state index in [1.54, 1.807) is 64.1 Å². The third-order valence-electron chi connectivity index (χ3n) is 5.31. The van der Waals surface area contributed by atoms with Gasteiger partial charge < -0.3 is 10.1 Å². The van der Waals surface area contributed by atoms with Crippen LogP contribution in [0, 0.1) is 6.92 Å². The molecule has 0 saturated heterocycles. The van der Waals surface area contributed by atoms with Gasteiger partial charge in [0.05, 0.1) is 4.90 Å². The average Bonchev–Trinajstić information content (AvgIpc) is 3.46. The quantitative estimate of drug-likeness (QED) is 0.301. The normalized spacial score (nSPS) is 12.5. The van der Waals surface area contributed by atoms with Crippen LogP contribution in [-0.4, -0.2) is 50.6 Å². The molecule has 4 rings (SSSR count). The van der Waals surface area contributed by atoms with Gasteiger partial charge >= 0.3 is 6.09 Å². The zero-order valence-electron chi connectivity index (χ0n) is 21.3. The smallest absolute Gasteiger partial charge is 0.407 e. The van der Waals surface area contributed by atoms with Crippen molar-refractivity contribution in [2.75, 3.05) is 13.1 Å². The summed E-state index contributed by atoms with van der Waals surface area (Å²) in [4.78, 5) is 16.9. The monoisotopic (exact) mass is 576 g/mol. The first-order valence-electron chi connectivity index (χ1n) is 11.6. The molecule has 0 aliphatic heterocycles. The molecule has 0 aliphatic rings. The summed E-state index contributed by atoms with van der Waals surface area (Å²) >= 11 is 1.05. The molecule has 1 amide bonds. The topological polar surface area (TPSA) is 136 Å². The molecule has 3 aromatic heterocycles. The number of benzene rings is 1. The van der Waals surface area contributed by atoms with Crippen molar-refractivity contribution in [2.45, 2.75) is 42.4 Å². The number of nitrogens with one attached hydrogen (secondary N) is 2. The molecule has 3 heterocycles. The minimum atomic E-state index is -3.89. The van der Waals surface area contributed by atoms with Gasteiger partial charge in [-0.2, -0.15) is 0 Å². The SMILES string of the molecule is Cc1cc2c(-c3ccc(S(=O)(=O)NCCNC(=O)OC(C)(C)C)s3)ccnc2n1S(=O)(=O)c1ccccc1. The second kappa shape index (κ2) is 10.5. The van der Waals surface area contributed by atoms with Crippen LogP contribution in [0.5, 0.6) is 0 Å². The lowest BCUT2D eigenvalue weighted by atomic mass is 10.1. The molecule has 202 valence electrons. The molecule has 0 fully saturated rings. The number of ether oxygens (including phenoxy) is 1. The molecule has 0 unspecified atom stereocenters. The van der Waals surface area contributed by atoms with E-state index in [2.05, 4.69) is 15.0 Å². The second-order valence-corrected chi connectivity index (χ2v) is 14.3. The molecule has 0 spiro atoms. The lowest BCUT2D eigenvalue weighted by Crippen LogP contribution is -2.37. The van der Waals surface area contributed by atoms with Crippen molar-refractivity contribution in [1.29, 1.82) is 0 Å². The van der Waals surface area contributed by atoms with Crippen molar-refractivity contribution < 1.29 is 26.4 Å². The Bertz CT molecular complexity index is 1690. The second-order valence-electron chi connectivity index (χ2n) is 9.41. The summed E-state index contributed by atoms with van der Waals surface area (Å²) in [5.41, 5.74) is 0.749. The number of carbonyl (C=O) groups excluding carboxylic acids is 1. The van der Waals surface area contributed by atoms with Crippen molar-refractivity contribution >= 4 is 48.5 Å². The number of alkyl carbamates (subject to hydrolysis) is 1. The minimum absolute atomic E-state index is 0.0201. The number of nitrogens with zero attached hydrogens (tertiary/aromatic N) is 2. The van der Waals surface area contributed by atoms with Gasteiger partial charge in [-0.3, -0.25) is 0 Å². The molecular formula is C25H28N4O6S3. The number of amides is 1. The zero-order chi connectivity index (χ0) is 27.7. The number of aryl methyl sites for hydroxylation is 1. The zero-order valence-corrected chi connectivity index (χ0v) is 23.7. The molecule has 0 bridgehead atoms. The number of pyridine rings is 1. The van der Waals surface area contributed by atoms with E-state index in [0.29, 0.717) is 21.5 Å². The third-order valence-corrected chi connectivity index (χ3v) is 10.2. The average molecular weight is 577 g/mol. The number of carbonyl (C=O) groups is 1. The van der Waals surface area contributed by atoms with E-state index < -0.39 is 31.7 Å². The van der Waals surface area contributed by atoms with E-state index in [9.17, 15) is 21.6 Å². The molecule has 4 aromatic rings. The largest absolute Gasteiger partial charge is 0.444 e. The summed E-state index contributed by atoms with van der Waals surface area (Å²) in [6.07, 6.45) is 0.871. The first-order chi connectivity index (χ1) is 17.8. The van der Waals surface area contributed by atoms with Gasteiger partial charge in [0.25, 0.3) is 10.0 Å². The van der Waals surface area contributed by atoms with Crippen molar-refractivity contribution in [2.24, 2.45) is 0 Å². The molecule has 0 saturated carbocycles. The van der Waals surface area contributed by atoms with Gasteiger partial charge in [-0.25, -0.2) is 35.3 Å². The van der Waals surface area contributed by atoms with Gasteiger partial charge in [0.1, 0.15) is 9.81 Å². The highest BCUT2D eigenvalue weighted by atomic mass is 32.2. The molecule has 1 aromatic carbocycles. The predicted octanol–water partition coefficient (Wildman–Crippen LogP) is 4.11. The highest BCUT2D eigenvalue weighted by molar-refractivity contribution is 7.91. The summed E-state index contributed by atoms with van der Waals surface area (Å²) in [7, 11) is -7.72. The molecule has 0 aliphatic carbocycles. The predicted molar refractivity (Wildman–Crippen MR) is 146 cm³/mol. The Kier molecular flexibility index (Phi) is 7.66.